The van der Waals surface area contributed by atoms with Crippen molar-refractivity contribution in [1.82, 2.24) is 0 Å². The Bertz CT molecular complexity index is 202. The lowest BCUT2D eigenvalue weighted by atomic mass is 9.92. The third-order valence-corrected chi connectivity index (χ3v) is 3.20. The van der Waals surface area contributed by atoms with Crippen LogP contribution in [0.4, 0.5) is 0 Å². The first-order chi connectivity index (χ1) is 4.72. The van der Waals surface area contributed by atoms with E-state index in [0.717, 1.165) is 6.66 Å². The predicted molar refractivity (Wildman–Crippen MR) is 44.8 cm³/mol. The van der Waals surface area contributed by atoms with Crippen molar-refractivity contribution < 1.29 is 14.3 Å². The molecule has 0 aromatic carbocycles. The fourth-order valence-electron chi connectivity index (χ4n) is 0.713. The Labute approximate surface area is 67.3 Å². The van der Waals surface area contributed by atoms with E-state index in [9.17, 15) is 9.36 Å². The average molecular weight is 178 g/mol. The molecule has 0 amide bonds. The van der Waals surface area contributed by atoms with Crippen LogP contribution in [-0.4, -0.2) is 17.1 Å². The van der Waals surface area contributed by atoms with E-state index < -0.39 is 18.3 Å². The highest BCUT2D eigenvalue weighted by Crippen LogP contribution is 2.45. The fraction of sp³-hybridized carbons (Fsp3) is 0.857. The van der Waals surface area contributed by atoms with Gasteiger partial charge in [0, 0.05) is 12.1 Å². The summed E-state index contributed by atoms with van der Waals surface area (Å²) in [5, 5.41) is 0. The molecule has 11 heavy (non-hydrogen) atoms. The monoisotopic (exact) mass is 178 g/mol. The number of carbonyl (C=O) groups is 1. The first-order valence-electron chi connectivity index (χ1n) is 3.57. The Morgan fingerprint density at radius 2 is 1.91 bits per heavy atom. The van der Waals surface area contributed by atoms with E-state index in [-0.39, 0.29) is 0 Å². The lowest BCUT2D eigenvalue weighted by Gasteiger charge is -2.21. The first-order valence-corrected chi connectivity index (χ1v) is 5.67. The first kappa shape index (κ1) is 10.9. The second kappa shape index (κ2) is 3.08. The van der Waals surface area contributed by atoms with Crippen LogP contribution >= 0.6 is 7.37 Å². The maximum Gasteiger partial charge on any atom is 0.261 e. The summed E-state index contributed by atoms with van der Waals surface area (Å²) >= 11 is 0. The van der Waals surface area contributed by atoms with E-state index in [4.69, 9.17) is 4.89 Å². The molecule has 0 aliphatic rings. The van der Waals surface area contributed by atoms with Gasteiger partial charge in [-0.25, -0.2) is 0 Å². The van der Waals surface area contributed by atoms with E-state index in [2.05, 4.69) is 0 Å². The smallest absolute Gasteiger partial charge is 0.261 e. The normalized spacial score (nSPS) is 17.5. The topological polar surface area (TPSA) is 54.4 Å². The van der Waals surface area contributed by atoms with Gasteiger partial charge in [-0.3, -0.25) is 9.36 Å². The van der Waals surface area contributed by atoms with Crippen molar-refractivity contribution in [2.45, 2.75) is 27.2 Å². The molecule has 0 radical (unpaired) electrons. The number of carbonyl (C=O) groups excluding carboxylic acids is 1. The molecule has 0 aliphatic carbocycles. The van der Waals surface area contributed by atoms with Gasteiger partial charge in [-0.15, -0.1) is 0 Å². The fourth-order valence-corrected chi connectivity index (χ4v) is 1.99. The highest BCUT2D eigenvalue weighted by molar-refractivity contribution is 7.74. The van der Waals surface area contributed by atoms with Gasteiger partial charge in [0.25, 0.3) is 7.37 Å². The summed E-state index contributed by atoms with van der Waals surface area (Å²) in [6.07, 6.45) is 0.588. The van der Waals surface area contributed by atoms with Gasteiger partial charge in [-0.05, 0) is 6.42 Å². The van der Waals surface area contributed by atoms with Gasteiger partial charge in [0.2, 0.25) is 5.52 Å². The molecule has 1 atom stereocenters. The van der Waals surface area contributed by atoms with Gasteiger partial charge in [0.05, 0.1) is 0 Å². The molecule has 0 rings (SSSR count). The van der Waals surface area contributed by atoms with Gasteiger partial charge in [-0.2, -0.15) is 0 Å². The van der Waals surface area contributed by atoms with Crippen LogP contribution in [0.2, 0.25) is 0 Å². The van der Waals surface area contributed by atoms with Crippen LogP contribution in [0, 0.1) is 5.41 Å². The Balaban J connectivity index is 4.64. The maximum absolute atomic E-state index is 11.2. The predicted octanol–water partition coefficient (Wildman–Crippen LogP) is 1.85. The maximum atomic E-state index is 11.2. The van der Waals surface area contributed by atoms with Crippen LogP contribution in [0.5, 0.6) is 0 Å². The van der Waals surface area contributed by atoms with Crippen LogP contribution in [0.15, 0.2) is 0 Å². The molecule has 0 aromatic heterocycles. The van der Waals surface area contributed by atoms with E-state index in [0.29, 0.717) is 6.42 Å². The zero-order valence-corrected chi connectivity index (χ0v) is 8.31. The summed E-state index contributed by atoms with van der Waals surface area (Å²) in [6.45, 7) is 6.28. The van der Waals surface area contributed by atoms with Crippen LogP contribution in [0.3, 0.4) is 0 Å². The third-order valence-electron chi connectivity index (χ3n) is 1.84. The molecule has 3 nitrogen and oxygen atoms in total. The Kier molecular flexibility index (Phi) is 3.04. The summed E-state index contributed by atoms with van der Waals surface area (Å²) in [5.41, 5.74) is -1.20. The van der Waals surface area contributed by atoms with Gasteiger partial charge in [0.15, 0.2) is 0 Å². The molecule has 0 heterocycles. The summed E-state index contributed by atoms with van der Waals surface area (Å²) in [4.78, 5) is 20.2. The molecule has 0 spiro atoms. The Morgan fingerprint density at radius 3 is 2.00 bits per heavy atom. The molecule has 0 fully saturated rings. The molecule has 1 N–H and O–H groups in total. The molecular formula is C7H15O3P. The van der Waals surface area contributed by atoms with Gasteiger partial charge in [0.1, 0.15) is 0 Å². The summed E-state index contributed by atoms with van der Waals surface area (Å²) in [6, 6.07) is 0. The summed E-state index contributed by atoms with van der Waals surface area (Å²) in [5.74, 6) is 0. The Morgan fingerprint density at radius 1 is 1.55 bits per heavy atom. The summed E-state index contributed by atoms with van der Waals surface area (Å²) in [7, 11) is -3.53. The van der Waals surface area contributed by atoms with E-state index in [1.165, 1.54) is 0 Å². The van der Waals surface area contributed by atoms with Crippen molar-refractivity contribution in [2.75, 3.05) is 6.66 Å². The van der Waals surface area contributed by atoms with Crippen LogP contribution in [0.1, 0.15) is 27.2 Å². The molecular weight excluding hydrogens is 163 g/mol. The molecule has 4 heteroatoms. The van der Waals surface area contributed by atoms with Crippen molar-refractivity contribution in [2.24, 2.45) is 5.41 Å². The second-order valence-corrected chi connectivity index (χ2v) is 5.59. The standard InChI is InChI=1S/C7H15O3P/c1-5-7(2,3)6(8)11(4,9)10/h5H2,1-4H3,(H,9,10). The lowest BCUT2D eigenvalue weighted by Crippen LogP contribution is -2.22. The molecule has 0 aliphatic heterocycles. The molecule has 0 saturated heterocycles. The summed E-state index contributed by atoms with van der Waals surface area (Å²) < 4.78 is 10.9. The molecule has 0 saturated carbocycles. The molecule has 0 aromatic rings. The highest BCUT2D eigenvalue weighted by atomic mass is 31.2. The van der Waals surface area contributed by atoms with Crippen molar-refractivity contribution in [3.05, 3.63) is 0 Å². The Hall–Kier alpha value is -0.140. The van der Waals surface area contributed by atoms with E-state index >= 15 is 0 Å². The molecule has 0 bridgehead atoms. The zero-order chi connectivity index (χ0) is 9.28. The quantitative estimate of drug-likeness (QED) is 0.671. The van der Waals surface area contributed by atoms with Crippen molar-refractivity contribution in [3.8, 4) is 0 Å². The van der Waals surface area contributed by atoms with E-state index in [1.807, 2.05) is 6.92 Å². The minimum Gasteiger partial charge on any atom is -0.339 e. The van der Waals surface area contributed by atoms with Crippen LogP contribution < -0.4 is 0 Å². The third kappa shape index (κ3) is 2.76. The van der Waals surface area contributed by atoms with Crippen molar-refractivity contribution >= 4 is 12.9 Å². The van der Waals surface area contributed by atoms with Gasteiger partial charge >= 0.3 is 0 Å². The minimum absolute atomic E-state index is 0.535. The lowest BCUT2D eigenvalue weighted by molar-refractivity contribution is -0.120. The SMILES string of the molecule is CCC(C)(C)C(=O)P(C)(=O)O. The highest BCUT2D eigenvalue weighted by Gasteiger charge is 2.35. The van der Waals surface area contributed by atoms with Crippen molar-refractivity contribution in [1.29, 1.82) is 0 Å². The molecule has 1 unspecified atom stereocenters. The number of rotatable bonds is 3. The zero-order valence-electron chi connectivity index (χ0n) is 7.42. The number of hydrogen-bond donors (Lipinski definition) is 1. The molecule has 66 valence electrons. The number of hydrogen-bond acceptors (Lipinski definition) is 2. The van der Waals surface area contributed by atoms with Crippen LogP contribution in [-0.2, 0) is 9.36 Å². The van der Waals surface area contributed by atoms with E-state index in [1.54, 1.807) is 13.8 Å². The minimum atomic E-state index is -3.53. The van der Waals surface area contributed by atoms with Gasteiger partial charge < -0.3 is 4.89 Å². The average Bonchev–Trinajstić information content (AvgIpc) is 1.84. The van der Waals surface area contributed by atoms with Crippen molar-refractivity contribution in [3.63, 3.8) is 0 Å². The van der Waals surface area contributed by atoms with Crippen LogP contribution in [0.25, 0.3) is 0 Å². The van der Waals surface area contributed by atoms with Gasteiger partial charge in [-0.1, -0.05) is 20.8 Å². The second-order valence-electron chi connectivity index (χ2n) is 3.42. The largest absolute Gasteiger partial charge is 0.339 e.